The zero-order valence-electron chi connectivity index (χ0n) is 34.6. The molecule has 0 heterocycles. The minimum Gasteiger partial charge on any atom is -0.478 e. The molecular weight excluding hydrogens is 725 g/mol. The molecule has 0 aliphatic heterocycles. The molecule has 4 N–H and O–H groups in total. The van der Waals surface area contributed by atoms with E-state index in [1.165, 1.54) is 36.4 Å². The van der Waals surface area contributed by atoms with Gasteiger partial charge in [-0.1, -0.05) is 106 Å². The maximum atomic E-state index is 12.4. The Kier molecular flexibility index (Phi) is 14.0. The maximum Gasteiger partial charge on any atom is 0.340 e. The molecule has 0 amide bonds. The standard InChI is InChI=1S/C47H56O10/c1-25(2)17-29-21-33(22-30(18-26(3)4)41(29)56-37-15-11-13-35(43(48)49)39(37)45(52)53)47(9,10)34-23-31(19-27(5)6)42(32(24-34)20-28(7)8)57-38-16-12-14-36(44(50)51)40(38)46(54)55/h11-16,21-28H,17-20H2,1-10H3,(H,48,49)(H,50,51)(H,52,53)(H,54,55). The number of hydrogen-bond acceptors (Lipinski definition) is 6. The zero-order chi connectivity index (χ0) is 42.5. The lowest BCUT2D eigenvalue weighted by Crippen LogP contribution is -2.22. The summed E-state index contributed by atoms with van der Waals surface area (Å²) in [6, 6.07) is 16.9. The van der Waals surface area contributed by atoms with Crippen molar-refractivity contribution in [1.29, 1.82) is 0 Å². The van der Waals surface area contributed by atoms with Crippen LogP contribution in [0.15, 0.2) is 60.7 Å². The average Bonchev–Trinajstić information content (AvgIpc) is 3.09. The SMILES string of the molecule is CC(C)Cc1cc(C(C)(C)c2cc(CC(C)C)c(Oc3cccc(C(=O)O)c3C(=O)O)c(CC(C)C)c2)cc(CC(C)C)c1Oc1cccc(C(=O)O)c1C(=O)O. The molecule has 0 saturated heterocycles. The van der Waals surface area contributed by atoms with E-state index in [1.807, 2.05) is 0 Å². The molecule has 0 aliphatic rings. The summed E-state index contributed by atoms with van der Waals surface area (Å²) in [7, 11) is 0. The van der Waals surface area contributed by atoms with Gasteiger partial charge in [0.1, 0.15) is 34.1 Å². The second-order valence-corrected chi connectivity index (χ2v) is 17.0. The van der Waals surface area contributed by atoms with Crippen molar-refractivity contribution in [3.63, 3.8) is 0 Å². The monoisotopic (exact) mass is 780 g/mol. The molecule has 4 aromatic carbocycles. The van der Waals surface area contributed by atoms with Crippen molar-refractivity contribution in [1.82, 2.24) is 0 Å². The predicted molar refractivity (Wildman–Crippen MR) is 220 cm³/mol. The van der Waals surface area contributed by atoms with Crippen LogP contribution in [0.3, 0.4) is 0 Å². The third-order valence-electron chi connectivity index (χ3n) is 9.81. The minimum atomic E-state index is -1.40. The second kappa shape index (κ2) is 18.1. The van der Waals surface area contributed by atoms with Gasteiger partial charge in [-0.2, -0.15) is 0 Å². The van der Waals surface area contributed by atoms with E-state index >= 15 is 0 Å². The van der Waals surface area contributed by atoms with E-state index in [0.29, 0.717) is 37.2 Å². The highest BCUT2D eigenvalue weighted by Crippen LogP contribution is 2.44. The third kappa shape index (κ3) is 10.4. The minimum absolute atomic E-state index is 0.0448. The van der Waals surface area contributed by atoms with Crippen LogP contribution in [0.1, 0.15) is 144 Å². The van der Waals surface area contributed by atoms with E-state index in [1.54, 1.807) is 0 Å². The highest BCUT2D eigenvalue weighted by Gasteiger charge is 2.31. The van der Waals surface area contributed by atoms with Crippen LogP contribution < -0.4 is 9.47 Å². The molecule has 0 saturated carbocycles. The lowest BCUT2D eigenvalue weighted by molar-refractivity contribution is 0.0649. The molecule has 0 radical (unpaired) electrons. The van der Waals surface area contributed by atoms with E-state index in [2.05, 4.69) is 93.5 Å². The first-order valence-electron chi connectivity index (χ1n) is 19.5. The fraction of sp³-hybridized carbons (Fsp3) is 0.404. The number of ether oxygens (including phenoxy) is 2. The van der Waals surface area contributed by atoms with Crippen LogP contribution in [-0.4, -0.2) is 44.3 Å². The van der Waals surface area contributed by atoms with Crippen molar-refractivity contribution >= 4 is 23.9 Å². The van der Waals surface area contributed by atoms with Crippen molar-refractivity contribution in [3.8, 4) is 23.0 Å². The molecule has 0 atom stereocenters. The van der Waals surface area contributed by atoms with Crippen molar-refractivity contribution in [2.45, 2.75) is 100 Å². The Bertz CT molecular complexity index is 1940. The topological polar surface area (TPSA) is 168 Å². The molecule has 0 spiro atoms. The van der Waals surface area contributed by atoms with Crippen LogP contribution >= 0.6 is 0 Å². The summed E-state index contributed by atoms with van der Waals surface area (Å²) >= 11 is 0. The number of carbonyl (C=O) groups is 4. The first kappa shape index (κ1) is 44.1. The molecule has 0 aliphatic carbocycles. The Morgan fingerprint density at radius 3 is 1.00 bits per heavy atom. The van der Waals surface area contributed by atoms with Gasteiger partial charge < -0.3 is 29.9 Å². The lowest BCUT2D eigenvalue weighted by Gasteiger charge is -2.31. The first-order chi connectivity index (χ1) is 26.6. The number of carboxylic acid groups (broad SMARTS) is 4. The van der Waals surface area contributed by atoms with E-state index in [9.17, 15) is 39.6 Å². The van der Waals surface area contributed by atoms with Gasteiger partial charge in [0.25, 0.3) is 0 Å². The van der Waals surface area contributed by atoms with Crippen molar-refractivity contribution in [3.05, 3.63) is 116 Å². The summed E-state index contributed by atoms with van der Waals surface area (Å²) in [5.74, 6) is -3.77. The number of carboxylic acids is 4. The van der Waals surface area contributed by atoms with Gasteiger partial charge in [-0.05, 0) is 107 Å². The molecule has 0 aromatic heterocycles. The van der Waals surface area contributed by atoms with E-state index < -0.39 is 40.4 Å². The smallest absolute Gasteiger partial charge is 0.340 e. The Balaban J connectivity index is 2.00. The van der Waals surface area contributed by atoms with E-state index in [0.717, 1.165) is 33.4 Å². The summed E-state index contributed by atoms with van der Waals surface area (Å²) in [5.41, 5.74) is 3.33. The summed E-state index contributed by atoms with van der Waals surface area (Å²) in [6.45, 7) is 21.0. The van der Waals surface area contributed by atoms with Crippen LogP contribution in [-0.2, 0) is 31.1 Å². The first-order valence-corrected chi connectivity index (χ1v) is 19.5. The molecular formula is C47H56O10. The highest BCUT2D eigenvalue weighted by atomic mass is 16.5. The molecule has 10 nitrogen and oxygen atoms in total. The summed E-state index contributed by atoms with van der Waals surface area (Å²) in [5, 5.41) is 39.8. The fourth-order valence-corrected chi connectivity index (χ4v) is 7.28. The summed E-state index contributed by atoms with van der Waals surface area (Å²) in [4.78, 5) is 48.9. The second-order valence-electron chi connectivity index (χ2n) is 17.0. The number of rotatable bonds is 18. The van der Waals surface area contributed by atoms with Crippen LogP contribution in [0.5, 0.6) is 23.0 Å². The van der Waals surface area contributed by atoms with Crippen molar-refractivity contribution in [2.75, 3.05) is 0 Å². The average molecular weight is 781 g/mol. The lowest BCUT2D eigenvalue weighted by atomic mass is 9.74. The van der Waals surface area contributed by atoms with Crippen LogP contribution in [0.2, 0.25) is 0 Å². The van der Waals surface area contributed by atoms with Crippen LogP contribution in [0.4, 0.5) is 0 Å². The van der Waals surface area contributed by atoms with Gasteiger partial charge in [0.15, 0.2) is 0 Å². The summed E-state index contributed by atoms with van der Waals surface area (Å²) in [6.07, 6.45) is 2.43. The van der Waals surface area contributed by atoms with Gasteiger partial charge in [0, 0.05) is 5.41 Å². The van der Waals surface area contributed by atoms with Gasteiger partial charge >= 0.3 is 23.9 Å². The van der Waals surface area contributed by atoms with Crippen LogP contribution in [0.25, 0.3) is 0 Å². The Morgan fingerprint density at radius 1 is 0.491 bits per heavy atom. The van der Waals surface area contributed by atoms with Crippen molar-refractivity contribution in [2.24, 2.45) is 23.7 Å². The number of benzene rings is 4. The molecule has 4 aromatic rings. The van der Waals surface area contributed by atoms with Crippen LogP contribution in [0, 0.1) is 23.7 Å². The van der Waals surface area contributed by atoms with Gasteiger partial charge in [-0.15, -0.1) is 0 Å². The molecule has 0 fully saturated rings. The van der Waals surface area contributed by atoms with E-state index in [-0.39, 0.29) is 46.3 Å². The Morgan fingerprint density at radius 2 is 0.772 bits per heavy atom. The number of hydrogen-bond donors (Lipinski definition) is 4. The highest BCUT2D eigenvalue weighted by molar-refractivity contribution is 6.04. The van der Waals surface area contributed by atoms with Crippen molar-refractivity contribution < 1.29 is 49.1 Å². The maximum absolute atomic E-state index is 12.4. The van der Waals surface area contributed by atoms with E-state index in [4.69, 9.17) is 9.47 Å². The van der Waals surface area contributed by atoms with Gasteiger partial charge in [-0.25, -0.2) is 19.2 Å². The Hall–Kier alpha value is -5.64. The molecule has 4 rings (SSSR count). The quantitative estimate of drug-likeness (QED) is 0.0762. The summed E-state index contributed by atoms with van der Waals surface area (Å²) < 4.78 is 13.0. The largest absolute Gasteiger partial charge is 0.478 e. The van der Waals surface area contributed by atoms with Gasteiger partial charge in [-0.3, -0.25) is 0 Å². The number of aromatic carboxylic acids is 4. The molecule has 304 valence electrons. The fourth-order valence-electron chi connectivity index (χ4n) is 7.28. The zero-order valence-corrected chi connectivity index (χ0v) is 34.6. The normalized spacial score (nSPS) is 11.8. The van der Waals surface area contributed by atoms with Gasteiger partial charge in [0.2, 0.25) is 0 Å². The molecule has 10 heteroatoms. The molecule has 0 unspecified atom stereocenters. The molecule has 57 heavy (non-hydrogen) atoms. The van der Waals surface area contributed by atoms with Gasteiger partial charge in [0.05, 0.1) is 11.1 Å². The Labute approximate surface area is 335 Å². The molecule has 0 bridgehead atoms. The predicted octanol–water partition coefficient (Wildman–Crippen LogP) is 11.2. The third-order valence-corrected chi connectivity index (χ3v) is 9.81.